The fraction of sp³-hybridized carbons (Fsp3) is 0.318. The van der Waals surface area contributed by atoms with Gasteiger partial charge in [-0.25, -0.2) is 9.67 Å². The number of rotatable bonds is 3. The molecule has 0 amide bonds. The van der Waals surface area contributed by atoms with Crippen molar-refractivity contribution < 1.29 is 4.74 Å². The Kier molecular flexibility index (Phi) is 4.41. The summed E-state index contributed by atoms with van der Waals surface area (Å²) in [4.78, 5) is 4.90. The lowest BCUT2D eigenvalue weighted by atomic mass is 9.86. The Balaban J connectivity index is 2.02. The first-order chi connectivity index (χ1) is 13.1. The molecule has 0 unspecified atom stereocenters. The van der Waals surface area contributed by atoms with Crippen LogP contribution < -0.4 is 4.74 Å². The summed E-state index contributed by atoms with van der Waals surface area (Å²) in [6.45, 7) is 3.95. The molecule has 0 fully saturated rings. The Morgan fingerprint density at radius 3 is 2.48 bits per heavy atom. The lowest BCUT2D eigenvalue weighted by Gasteiger charge is -2.22. The maximum Gasteiger partial charge on any atom is 0.172 e. The van der Waals surface area contributed by atoms with Gasteiger partial charge in [-0.3, -0.25) is 0 Å². The summed E-state index contributed by atoms with van der Waals surface area (Å²) in [5.74, 6) is 1.44. The van der Waals surface area contributed by atoms with Crippen LogP contribution in [-0.2, 0) is 12.8 Å². The van der Waals surface area contributed by atoms with E-state index in [2.05, 4.69) is 11.2 Å². The highest BCUT2D eigenvalue weighted by Gasteiger charge is 2.24. The van der Waals surface area contributed by atoms with E-state index in [1.54, 1.807) is 11.8 Å². The number of hydrogen-bond donors (Lipinski definition) is 0. The first-order valence-electron chi connectivity index (χ1n) is 9.26. The smallest absolute Gasteiger partial charge is 0.172 e. The molecule has 136 valence electrons. The fourth-order valence-corrected chi connectivity index (χ4v) is 3.91. The highest BCUT2D eigenvalue weighted by Crippen LogP contribution is 2.36. The molecule has 5 nitrogen and oxygen atoms in total. The molecular weight excluding hydrogens is 336 g/mol. The third-order valence-corrected chi connectivity index (χ3v) is 5.16. The van der Waals surface area contributed by atoms with E-state index < -0.39 is 0 Å². The molecule has 0 aliphatic heterocycles. The molecule has 0 N–H and O–H groups in total. The van der Waals surface area contributed by atoms with Crippen molar-refractivity contribution in [2.45, 2.75) is 39.5 Å². The van der Waals surface area contributed by atoms with Gasteiger partial charge < -0.3 is 4.74 Å². The van der Waals surface area contributed by atoms with Crippen LogP contribution in [0.1, 0.15) is 41.1 Å². The van der Waals surface area contributed by atoms with Crippen LogP contribution in [0.3, 0.4) is 0 Å². The molecule has 0 radical (unpaired) electrons. The molecule has 0 saturated heterocycles. The topological polar surface area (TPSA) is 63.7 Å². The third kappa shape index (κ3) is 2.97. The van der Waals surface area contributed by atoms with Gasteiger partial charge in [0.15, 0.2) is 5.82 Å². The quantitative estimate of drug-likeness (QED) is 0.700. The molecule has 1 aliphatic rings. The van der Waals surface area contributed by atoms with Gasteiger partial charge in [0.25, 0.3) is 0 Å². The van der Waals surface area contributed by atoms with Crippen molar-refractivity contribution in [1.29, 1.82) is 5.26 Å². The molecule has 0 saturated carbocycles. The summed E-state index contributed by atoms with van der Waals surface area (Å²) in [7, 11) is 1.66. The maximum atomic E-state index is 10.1. The average Bonchev–Trinajstić information content (AvgIpc) is 3.04. The Bertz CT molecular complexity index is 1040. The van der Waals surface area contributed by atoms with Crippen molar-refractivity contribution >= 4 is 0 Å². The maximum absolute atomic E-state index is 10.1. The number of aryl methyl sites for hydroxylation is 3. The highest BCUT2D eigenvalue weighted by atomic mass is 16.5. The molecular formula is C22H22N4O. The summed E-state index contributed by atoms with van der Waals surface area (Å²) in [6.07, 6.45) is 4.15. The second-order valence-electron chi connectivity index (χ2n) is 7.00. The van der Waals surface area contributed by atoms with Crippen LogP contribution in [-0.4, -0.2) is 21.9 Å². The van der Waals surface area contributed by atoms with Gasteiger partial charge in [0.05, 0.1) is 12.8 Å². The zero-order valence-corrected chi connectivity index (χ0v) is 15.9. The van der Waals surface area contributed by atoms with Gasteiger partial charge in [0.1, 0.15) is 17.4 Å². The third-order valence-electron chi connectivity index (χ3n) is 5.16. The monoisotopic (exact) mass is 358 g/mol. The first kappa shape index (κ1) is 17.3. The Hall–Kier alpha value is -3.13. The lowest BCUT2D eigenvalue weighted by molar-refractivity contribution is 0.415. The van der Waals surface area contributed by atoms with Crippen LogP contribution >= 0.6 is 0 Å². The second-order valence-corrected chi connectivity index (χ2v) is 7.00. The van der Waals surface area contributed by atoms with Gasteiger partial charge in [0, 0.05) is 17.0 Å². The van der Waals surface area contributed by atoms with E-state index in [4.69, 9.17) is 9.72 Å². The minimum absolute atomic E-state index is 0.590. The number of methoxy groups -OCH3 is 1. The molecule has 3 aromatic rings. The molecule has 0 atom stereocenters. The van der Waals surface area contributed by atoms with E-state index in [0.29, 0.717) is 11.4 Å². The van der Waals surface area contributed by atoms with E-state index in [1.807, 2.05) is 44.2 Å². The molecule has 2 aromatic heterocycles. The standard InChI is InChI=1S/C22H22N4O/c1-14-12-15(2)26(25-14)22-19(13-23)21(16-8-10-17(27-3)11-9-16)18-6-4-5-7-20(18)24-22/h8-12H,4-7H2,1-3H3. The van der Waals surface area contributed by atoms with Crippen molar-refractivity contribution in [3.63, 3.8) is 0 Å². The van der Waals surface area contributed by atoms with E-state index in [1.165, 1.54) is 5.56 Å². The minimum Gasteiger partial charge on any atom is -0.497 e. The molecule has 1 aromatic carbocycles. The zero-order chi connectivity index (χ0) is 19.0. The Morgan fingerprint density at radius 1 is 1.11 bits per heavy atom. The van der Waals surface area contributed by atoms with Crippen molar-refractivity contribution in [3.8, 4) is 28.8 Å². The summed E-state index contributed by atoms with van der Waals surface area (Å²) >= 11 is 0. The molecule has 27 heavy (non-hydrogen) atoms. The van der Waals surface area contributed by atoms with E-state index in [-0.39, 0.29) is 0 Å². The number of nitrogens with zero attached hydrogens (tertiary/aromatic N) is 4. The van der Waals surface area contributed by atoms with Gasteiger partial charge in [-0.2, -0.15) is 10.4 Å². The van der Waals surface area contributed by atoms with E-state index >= 15 is 0 Å². The zero-order valence-electron chi connectivity index (χ0n) is 15.9. The summed E-state index contributed by atoms with van der Waals surface area (Å²) < 4.78 is 7.10. The lowest BCUT2D eigenvalue weighted by Crippen LogP contribution is -2.14. The summed E-state index contributed by atoms with van der Waals surface area (Å²) in [5.41, 5.74) is 6.80. The van der Waals surface area contributed by atoms with Crippen molar-refractivity contribution in [1.82, 2.24) is 14.8 Å². The number of ether oxygens (including phenoxy) is 1. The number of aromatic nitrogens is 3. The van der Waals surface area contributed by atoms with Gasteiger partial charge in [-0.1, -0.05) is 12.1 Å². The Labute approximate surface area is 159 Å². The SMILES string of the molecule is COc1ccc(-c2c(C#N)c(-n3nc(C)cc3C)nc3c2CCCC3)cc1. The predicted molar refractivity (Wildman–Crippen MR) is 104 cm³/mol. The number of benzene rings is 1. The highest BCUT2D eigenvalue weighted by molar-refractivity contribution is 5.78. The fourth-order valence-electron chi connectivity index (χ4n) is 3.91. The normalized spacial score (nSPS) is 13.1. The molecule has 4 rings (SSSR count). The molecule has 0 spiro atoms. The average molecular weight is 358 g/mol. The van der Waals surface area contributed by atoms with Crippen LogP contribution in [0.15, 0.2) is 30.3 Å². The molecule has 5 heteroatoms. The van der Waals surface area contributed by atoms with E-state index in [0.717, 1.165) is 59.6 Å². The molecule has 2 heterocycles. The largest absolute Gasteiger partial charge is 0.497 e. The number of hydrogen-bond acceptors (Lipinski definition) is 4. The first-order valence-corrected chi connectivity index (χ1v) is 9.26. The molecule has 1 aliphatic carbocycles. The molecule has 0 bridgehead atoms. The van der Waals surface area contributed by atoms with Crippen LogP contribution in [0.25, 0.3) is 16.9 Å². The van der Waals surface area contributed by atoms with Crippen molar-refractivity contribution in [3.05, 3.63) is 58.5 Å². The minimum atomic E-state index is 0.590. The van der Waals surface area contributed by atoms with Crippen molar-refractivity contribution in [2.24, 2.45) is 0 Å². The van der Waals surface area contributed by atoms with E-state index in [9.17, 15) is 5.26 Å². The second kappa shape index (κ2) is 6.88. The summed E-state index contributed by atoms with van der Waals surface area (Å²) in [6, 6.07) is 12.4. The van der Waals surface area contributed by atoms with Crippen LogP contribution in [0.2, 0.25) is 0 Å². The van der Waals surface area contributed by atoms with Gasteiger partial charge in [-0.15, -0.1) is 0 Å². The van der Waals surface area contributed by atoms with Crippen LogP contribution in [0.5, 0.6) is 5.75 Å². The number of pyridine rings is 1. The van der Waals surface area contributed by atoms with Crippen molar-refractivity contribution in [2.75, 3.05) is 7.11 Å². The van der Waals surface area contributed by atoms with Gasteiger partial charge >= 0.3 is 0 Å². The predicted octanol–water partition coefficient (Wildman–Crippen LogP) is 4.31. The van der Waals surface area contributed by atoms with Gasteiger partial charge in [0.2, 0.25) is 0 Å². The summed E-state index contributed by atoms with van der Waals surface area (Å²) in [5, 5.41) is 14.6. The van der Waals surface area contributed by atoms with Crippen LogP contribution in [0.4, 0.5) is 0 Å². The number of nitriles is 1. The number of fused-ring (bicyclic) bond motifs is 1. The van der Waals surface area contributed by atoms with Gasteiger partial charge in [-0.05, 0) is 68.9 Å². The Morgan fingerprint density at radius 2 is 1.85 bits per heavy atom. The van der Waals surface area contributed by atoms with Crippen LogP contribution in [0, 0.1) is 25.2 Å².